The Morgan fingerprint density at radius 1 is 1.17 bits per heavy atom. The zero-order valence-corrected chi connectivity index (χ0v) is 13.6. The predicted molar refractivity (Wildman–Crippen MR) is 90.7 cm³/mol. The summed E-state index contributed by atoms with van der Waals surface area (Å²) < 4.78 is 0. The van der Waals surface area contributed by atoms with Crippen LogP contribution in [0.2, 0.25) is 0 Å². The van der Waals surface area contributed by atoms with E-state index < -0.39 is 11.9 Å². The van der Waals surface area contributed by atoms with Gasteiger partial charge in [-0.1, -0.05) is 29.8 Å². The van der Waals surface area contributed by atoms with Gasteiger partial charge in [0.25, 0.3) is 5.91 Å². The lowest BCUT2D eigenvalue weighted by molar-refractivity contribution is -0.143. The lowest BCUT2D eigenvalue weighted by Gasteiger charge is -2.30. The fourth-order valence-corrected chi connectivity index (χ4v) is 3.01. The number of benzene rings is 1. The van der Waals surface area contributed by atoms with Crippen molar-refractivity contribution in [2.45, 2.75) is 19.8 Å². The molecule has 1 amide bonds. The average Bonchev–Trinajstić information content (AvgIpc) is 2.62. The summed E-state index contributed by atoms with van der Waals surface area (Å²) in [7, 11) is 0. The molecule has 1 atom stereocenters. The van der Waals surface area contributed by atoms with Gasteiger partial charge in [-0.25, -0.2) is 0 Å². The Hall–Kier alpha value is -2.69. The van der Waals surface area contributed by atoms with Gasteiger partial charge in [0.15, 0.2) is 0 Å². The molecular weight excluding hydrogens is 304 g/mol. The number of rotatable bonds is 3. The van der Waals surface area contributed by atoms with Gasteiger partial charge in [-0.2, -0.15) is 0 Å². The molecule has 3 rings (SSSR count). The highest BCUT2D eigenvalue weighted by Crippen LogP contribution is 2.22. The largest absolute Gasteiger partial charge is 0.481 e. The average molecular weight is 324 g/mol. The Labute approximate surface area is 140 Å². The highest BCUT2D eigenvalue weighted by molar-refractivity contribution is 5.95. The number of carboxylic acid groups (broad SMARTS) is 1. The fraction of sp³-hybridized carbons (Fsp3) is 0.316. The van der Waals surface area contributed by atoms with E-state index >= 15 is 0 Å². The van der Waals surface area contributed by atoms with Crippen molar-refractivity contribution in [3.05, 3.63) is 53.9 Å². The van der Waals surface area contributed by atoms with Crippen LogP contribution < -0.4 is 0 Å². The Bertz CT molecular complexity index is 755. The number of piperidine rings is 1. The van der Waals surface area contributed by atoms with Gasteiger partial charge in [-0.3, -0.25) is 14.6 Å². The third kappa shape index (κ3) is 3.45. The molecule has 2 heterocycles. The summed E-state index contributed by atoms with van der Waals surface area (Å²) in [5.41, 5.74) is 3.56. The van der Waals surface area contributed by atoms with Crippen LogP contribution in [0.15, 0.2) is 42.7 Å². The first-order chi connectivity index (χ1) is 11.5. The van der Waals surface area contributed by atoms with Crippen LogP contribution in [0.1, 0.15) is 28.8 Å². The molecule has 2 aromatic rings. The normalized spacial score (nSPS) is 17.5. The van der Waals surface area contributed by atoms with Crippen LogP contribution >= 0.6 is 0 Å². The summed E-state index contributed by atoms with van der Waals surface area (Å²) in [5, 5.41) is 9.17. The van der Waals surface area contributed by atoms with E-state index in [1.807, 2.05) is 37.3 Å². The van der Waals surface area contributed by atoms with Crippen molar-refractivity contribution in [1.82, 2.24) is 9.88 Å². The van der Waals surface area contributed by atoms with Gasteiger partial charge in [0, 0.05) is 31.0 Å². The Kier molecular flexibility index (Phi) is 4.60. The quantitative estimate of drug-likeness (QED) is 0.942. The van der Waals surface area contributed by atoms with Crippen molar-refractivity contribution in [2.75, 3.05) is 13.1 Å². The monoisotopic (exact) mass is 324 g/mol. The van der Waals surface area contributed by atoms with Gasteiger partial charge in [-0.05, 0) is 31.4 Å². The third-order valence-corrected chi connectivity index (χ3v) is 4.43. The van der Waals surface area contributed by atoms with Crippen LogP contribution in [0.25, 0.3) is 11.1 Å². The maximum absolute atomic E-state index is 12.7. The van der Waals surface area contributed by atoms with E-state index in [1.54, 1.807) is 17.3 Å². The molecule has 24 heavy (non-hydrogen) atoms. The predicted octanol–water partition coefficient (Wildman–Crippen LogP) is 2.99. The SMILES string of the molecule is Cc1ccc(-c2cncc(C(=O)N3CCCC(C(=O)O)C3)c2)cc1. The van der Waals surface area contributed by atoms with E-state index in [9.17, 15) is 14.7 Å². The lowest BCUT2D eigenvalue weighted by atomic mass is 9.97. The van der Waals surface area contributed by atoms with Gasteiger partial charge in [0.1, 0.15) is 0 Å². The molecule has 1 aromatic heterocycles. The van der Waals surface area contributed by atoms with Crippen molar-refractivity contribution in [1.29, 1.82) is 0 Å². The zero-order valence-electron chi connectivity index (χ0n) is 13.6. The first-order valence-electron chi connectivity index (χ1n) is 8.09. The minimum Gasteiger partial charge on any atom is -0.481 e. The number of carbonyl (C=O) groups is 2. The summed E-state index contributed by atoms with van der Waals surface area (Å²) in [6.07, 6.45) is 4.62. The van der Waals surface area contributed by atoms with Crippen molar-refractivity contribution in [3.63, 3.8) is 0 Å². The molecule has 1 unspecified atom stereocenters. The molecule has 124 valence electrons. The minimum absolute atomic E-state index is 0.151. The van der Waals surface area contributed by atoms with E-state index in [1.165, 1.54) is 5.56 Å². The summed E-state index contributed by atoms with van der Waals surface area (Å²) in [5.74, 6) is -1.46. The number of aryl methyl sites for hydroxylation is 1. The van der Waals surface area contributed by atoms with E-state index in [0.29, 0.717) is 24.9 Å². The second-order valence-electron chi connectivity index (χ2n) is 6.26. The molecule has 1 aliphatic rings. The molecule has 0 saturated carbocycles. The van der Waals surface area contributed by atoms with Crippen LogP contribution in [-0.2, 0) is 4.79 Å². The topological polar surface area (TPSA) is 70.5 Å². The maximum Gasteiger partial charge on any atom is 0.308 e. The van der Waals surface area contributed by atoms with E-state index in [4.69, 9.17) is 0 Å². The first kappa shape index (κ1) is 16.2. The number of hydrogen-bond donors (Lipinski definition) is 1. The number of aromatic nitrogens is 1. The molecule has 1 N–H and O–H groups in total. The molecule has 0 spiro atoms. The van der Waals surface area contributed by atoms with Crippen LogP contribution in [0.5, 0.6) is 0 Å². The van der Waals surface area contributed by atoms with Crippen molar-refractivity contribution in [3.8, 4) is 11.1 Å². The summed E-state index contributed by atoms with van der Waals surface area (Å²) in [6, 6.07) is 9.87. The Morgan fingerprint density at radius 3 is 2.62 bits per heavy atom. The number of carboxylic acids is 1. The number of carbonyl (C=O) groups excluding carboxylic acids is 1. The summed E-state index contributed by atoms with van der Waals surface area (Å²) in [6.45, 7) is 2.89. The molecule has 1 aliphatic heterocycles. The minimum atomic E-state index is -0.834. The van der Waals surface area contributed by atoms with Gasteiger partial charge in [0.05, 0.1) is 11.5 Å². The van der Waals surface area contributed by atoms with Gasteiger partial charge in [-0.15, -0.1) is 0 Å². The fourth-order valence-electron chi connectivity index (χ4n) is 3.01. The van der Waals surface area contributed by atoms with Crippen LogP contribution in [0, 0.1) is 12.8 Å². The number of hydrogen-bond acceptors (Lipinski definition) is 3. The smallest absolute Gasteiger partial charge is 0.308 e. The molecule has 1 saturated heterocycles. The summed E-state index contributed by atoms with van der Waals surface area (Å²) in [4.78, 5) is 29.7. The number of nitrogens with zero attached hydrogens (tertiary/aromatic N) is 2. The van der Waals surface area contributed by atoms with Crippen molar-refractivity contribution >= 4 is 11.9 Å². The summed E-state index contributed by atoms with van der Waals surface area (Å²) >= 11 is 0. The Morgan fingerprint density at radius 2 is 1.92 bits per heavy atom. The van der Waals surface area contributed by atoms with Gasteiger partial charge < -0.3 is 10.0 Å². The number of aliphatic carboxylic acids is 1. The molecule has 5 nitrogen and oxygen atoms in total. The molecule has 1 fully saturated rings. The third-order valence-electron chi connectivity index (χ3n) is 4.43. The molecular formula is C19H20N2O3. The standard InChI is InChI=1S/C19H20N2O3/c1-13-4-6-14(7-5-13)16-9-17(11-20-10-16)18(22)21-8-2-3-15(12-21)19(23)24/h4-7,9-11,15H,2-3,8,12H2,1H3,(H,23,24). The van der Waals surface area contributed by atoms with Crippen LogP contribution in [-0.4, -0.2) is 40.0 Å². The maximum atomic E-state index is 12.7. The molecule has 5 heteroatoms. The number of amides is 1. The lowest BCUT2D eigenvalue weighted by Crippen LogP contribution is -2.42. The van der Waals surface area contributed by atoms with E-state index in [0.717, 1.165) is 11.1 Å². The number of pyridine rings is 1. The van der Waals surface area contributed by atoms with Crippen molar-refractivity contribution in [2.24, 2.45) is 5.92 Å². The zero-order chi connectivity index (χ0) is 17.1. The highest BCUT2D eigenvalue weighted by atomic mass is 16.4. The second-order valence-corrected chi connectivity index (χ2v) is 6.26. The molecule has 0 bridgehead atoms. The molecule has 0 radical (unpaired) electrons. The van der Waals surface area contributed by atoms with Gasteiger partial charge in [0.2, 0.25) is 0 Å². The second kappa shape index (κ2) is 6.83. The molecule has 0 aliphatic carbocycles. The van der Waals surface area contributed by atoms with E-state index in [-0.39, 0.29) is 12.5 Å². The van der Waals surface area contributed by atoms with Crippen LogP contribution in [0.3, 0.4) is 0 Å². The highest BCUT2D eigenvalue weighted by Gasteiger charge is 2.28. The Balaban J connectivity index is 1.81. The van der Waals surface area contributed by atoms with Crippen molar-refractivity contribution < 1.29 is 14.7 Å². The number of likely N-dealkylation sites (tertiary alicyclic amines) is 1. The molecule has 1 aromatic carbocycles. The first-order valence-corrected chi connectivity index (χ1v) is 8.09. The van der Waals surface area contributed by atoms with E-state index in [2.05, 4.69) is 4.98 Å². The van der Waals surface area contributed by atoms with Crippen LogP contribution in [0.4, 0.5) is 0 Å². The van der Waals surface area contributed by atoms with Gasteiger partial charge >= 0.3 is 5.97 Å².